The molecule has 2 amide bonds. The molecule has 3 aromatic rings. The maximum absolute atomic E-state index is 13.6. The van der Waals surface area contributed by atoms with E-state index in [1.807, 2.05) is 30.3 Å². The quantitative estimate of drug-likeness (QED) is 0.396. The Hall–Kier alpha value is -3.68. The van der Waals surface area contributed by atoms with Crippen molar-refractivity contribution in [1.29, 1.82) is 0 Å². The van der Waals surface area contributed by atoms with Crippen molar-refractivity contribution in [3.63, 3.8) is 0 Å². The largest absolute Gasteiger partial charge is 0.462 e. The number of hydrogen-bond acceptors (Lipinski definition) is 6. The van der Waals surface area contributed by atoms with Gasteiger partial charge in [-0.1, -0.05) is 41.9 Å². The van der Waals surface area contributed by atoms with E-state index in [1.165, 1.54) is 12.1 Å². The molecule has 2 fully saturated rings. The Kier molecular flexibility index (Phi) is 5.81. The van der Waals surface area contributed by atoms with Crippen LogP contribution in [0, 0.1) is 5.92 Å². The Balaban J connectivity index is 1.49. The molecule has 34 heavy (non-hydrogen) atoms. The number of hydrogen-bond donors (Lipinski definition) is 0. The number of esters is 1. The van der Waals surface area contributed by atoms with Crippen molar-refractivity contribution >= 4 is 40.8 Å². The Morgan fingerprint density at radius 3 is 2.21 bits per heavy atom. The highest BCUT2D eigenvalue weighted by molar-refractivity contribution is 6.30. The summed E-state index contributed by atoms with van der Waals surface area (Å²) in [5.74, 6) is -2.01. The molecule has 5 rings (SSSR count). The van der Waals surface area contributed by atoms with Gasteiger partial charge in [0.2, 0.25) is 5.91 Å². The SMILES string of the molecule is CCOC(=O)c1ccc(N2C(=O)[C@H]3[C@@H](ON(c4ccc(Cl)cc4)[C@H]3c3ccccc3)C2=O)cc1. The Labute approximate surface area is 201 Å². The molecule has 2 heterocycles. The van der Waals surface area contributed by atoms with E-state index in [9.17, 15) is 14.4 Å². The highest BCUT2D eigenvalue weighted by Crippen LogP contribution is 2.47. The molecule has 0 unspecified atom stereocenters. The number of rotatable bonds is 5. The fourth-order valence-corrected chi connectivity index (χ4v) is 4.56. The van der Waals surface area contributed by atoms with Gasteiger partial charge in [0.05, 0.1) is 29.6 Å². The maximum atomic E-state index is 13.6. The van der Waals surface area contributed by atoms with Gasteiger partial charge in [-0.25, -0.2) is 14.8 Å². The van der Waals surface area contributed by atoms with Crippen molar-refractivity contribution in [3.8, 4) is 0 Å². The van der Waals surface area contributed by atoms with E-state index in [1.54, 1.807) is 48.4 Å². The molecule has 0 aromatic heterocycles. The lowest BCUT2D eigenvalue weighted by molar-refractivity contribution is -0.126. The van der Waals surface area contributed by atoms with Crippen LogP contribution < -0.4 is 9.96 Å². The van der Waals surface area contributed by atoms with Crippen LogP contribution in [0.5, 0.6) is 0 Å². The van der Waals surface area contributed by atoms with Crippen LogP contribution in [0.25, 0.3) is 0 Å². The van der Waals surface area contributed by atoms with Crippen LogP contribution >= 0.6 is 11.6 Å². The fraction of sp³-hybridized carbons (Fsp3) is 0.192. The number of hydroxylamine groups is 1. The number of halogens is 1. The molecule has 0 N–H and O–H groups in total. The van der Waals surface area contributed by atoms with Crippen LogP contribution in [0.2, 0.25) is 5.02 Å². The molecule has 2 aliphatic heterocycles. The number of amides is 2. The average molecular weight is 477 g/mol. The zero-order valence-electron chi connectivity index (χ0n) is 18.3. The first kappa shape index (κ1) is 22.1. The summed E-state index contributed by atoms with van der Waals surface area (Å²) in [6.07, 6.45) is -0.974. The number of carbonyl (C=O) groups excluding carboxylic acids is 3. The summed E-state index contributed by atoms with van der Waals surface area (Å²) < 4.78 is 5.00. The molecule has 8 heteroatoms. The summed E-state index contributed by atoms with van der Waals surface area (Å²) >= 11 is 6.05. The van der Waals surface area contributed by atoms with Gasteiger partial charge in [-0.15, -0.1) is 0 Å². The standard InChI is InChI=1S/C26H21ClN2O5/c1-2-33-26(32)17-8-12-19(13-9-17)28-24(30)21-22(16-6-4-3-5-7-16)29(34-23(21)25(28)31)20-14-10-18(27)11-15-20/h3-15,21-23H,2H2,1H3/t21-,22+,23-/m1/s1. The van der Waals surface area contributed by atoms with Gasteiger partial charge >= 0.3 is 5.97 Å². The topological polar surface area (TPSA) is 76.2 Å². The molecular formula is C26H21ClN2O5. The summed E-state index contributed by atoms with van der Waals surface area (Å²) in [5.41, 5.74) is 2.27. The number of imide groups is 1. The van der Waals surface area contributed by atoms with Crippen molar-refractivity contribution in [1.82, 2.24) is 0 Å². The number of ether oxygens (including phenoxy) is 1. The van der Waals surface area contributed by atoms with E-state index in [2.05, 4.69) is 0 Å². The molecule has 7 nitrogen and oxygen atoms in total. The van der Waals surface area contributed by atoms with Gasteiger partial charge in [0.25, 0.3) is 5.91 Å². The van der Waals surface area contributed by atoms with Crippen LogP contribution in [0.1, 0.15) is 28.9 Å². The zero-order chi connectivity index (χ0) is 23.8. The summed E-state index contributed by atoms with van der Waals surface area (Å²) in [5, 5.41) is 2.20. The summed E-state index contributed by atoms with van der Waals surface area (Å²) in [6.45, 7) is 1.98. The highest BCUT2D eigenvalue weighted by atomic mass is 35.5. The number of nitrogens with zero attached hydrogens (tertiary/aromatic N) is 2. The van der Waals surface area contributed by atoms with Crippen LogP contribution in [0.3, 0.4) is 0 Å². The second-order valence-electron chi connectivity index (χ2n) is 7.99. The van der Waals surface area contributed by atoms with Crippen molar-refractivity contribution < 1.29 is 24.0 Å². The van der Waals surface area contributed by atoms with Gasteiger partial charge in [0.1, 0.15) is 5.92 Å². The second-order valence-corrected chi connectivity index (χ2v) is 8.43. The third-order valence-electron chi connectivity index (χ3n) is 5.97. The number of carbonyl (C=O) groups is 3. The van der Waals surface area contributed by atoms with Gasteiger partial charge in [0, 0.05) is 5.02 Å². The monoisotopic (exact) mass is 476 g/mol. The lowest BCUT2D eigenvalue weighted by Gasteiger charge is -2.28. The van der Waals surface area contributed by atoms with Gasteiger partial charge in [-0.2, -0.15) is 0 Å². The van der Waals surface area contributed by atoms with Crippen LogP contribution in [-0.2, 0) is 19.2 Å². The summed E-state index contributed by atoms with van der Waals surface area (Å²) in [6, 6.07) is 22.2. The first-order valence-electron chi connectivity index (χ1n) is 10.9. The van der Waals surface area contributed by atoms with Crippen LogP contribution in [0.15, 0.2) is 78.9 Å². The predicted molar refractivity (Wildman–Crippen MR) is 126 cm³/mol. The van der Waals surface area contributed by atoms with E-state index in [4.69, 9.17) is 21.2 Å². The molecule has 172 valence electrons. The van der Waals surface area contributed by atoms with Crippen molar-refractivity contribution in [3.05, 3.63) is 95.0 Å². The summed E-state index contributed by atoms with van der Waals surface area (Å²) in [4.78, 5) is 46.2. The molecule has 0 radical (unpaired) electrons. The third-order valence-corrected chi connectivity index (χ3v) is 6.23. The average Bonchev–Trinajstić information content (AvgIpc) is 3.36. The first-order valence-corrected chi connectivity index (χ1v) is 11.3. The Bertz CT molecular complexity index is 1230. The smallest absolute Gasteiger partial charge is 0.338 e. The lowest BCUT2D eigenvalue weighted by Crippen LogP contribution is -2.37. The van der Waals surface area contributed by atoms with E-state index in [0.717, 1.165) is 10.5 Å². The van der Waals surface area contributed by atoms with Crippen molar-refractivity contribution in [2.24, 2.45) is 5.92 Å². The van der Waals surface area contributed by atoms with Gasteiger partial charge in [0.15, 0.2) is 6.10 Å². The normalized spacial score (nSPS) is 21.6. The molecule has 3 aromatic carbocycles. The number of benzene rings is 3. The molecule has 3 atom stereocenters. The van der Waals surface area contributed by atoms with Gasteiger partial charge in [-0.3, -0.25) is 14.4 Å². The van der Waals surface area contributed by atoms with Crippen molar-refractivity contribution in [2.75, 3.05) is 16.6 Å². The lowest BCUT2D eigenvalue weighted by atomic mass is 9.90. The minimum Gasteiger partial charge on any atom is -0.462 e. The number of anilines is 2. The molecule has 0 saturated carbocycles. The molecule has 2 aliphatic rings. The Morgan fingerprint density at radius 2 is 1.56 bits per heavy atom. The number of fused-ring (bicyclic) bond motifs is 1. The van der Waals surface area contributed by atoms with E-state index < -0.39 is 29.9 Å². The maximum Gasteiger partial charge on any atom is 0.338 e. The first-order chi connectivity index (χ1) is 16.5. The van der Waals surface area contributed by atoms with E-state index in [-0.39, 0.29) is 12.5 Å². The molecule has 0 bridgehead atoms. The predicted octanol–water partition coefficient (Wildman–Crippen LogP) is 4.57. The molecule has 0 spiro atoms. The molecule has 0 aliphatic carbocycles. The van der Waals surface area contributed by atoms with Gasteiger partial charge < -0.3 is 4.74 Å². The summed E-state index contributed by atoms with van der Waals surface area (Å²) in [7, 11) is 0. The fourth-order valence-electron chi connectivity index (χ4n) is 4.43. The minimum atomic E-state index is -0.974. The second kappa shape index (κ2) is 8.93. The van der Waals surface area contributed by atoms with E-state index in [0.29, 0.717) is 22.0 Å². The van der Waals surface area contributed by atoms with E-state index >= 15 is 0 Å². The highest BCUT2D eigenvalue weighted by Gasteiger charge is 2.60. The third kappa shape index (κ3) is 3.73. The van der Waals surface area contributed by atoms with Gasteiger partial charge in [-0.05, 0) is 61.0 Å². The minimum absolute atomic E-state index is 0.259. The van der Waals surface area contributed by atoms with Crippen LogP contribution in [-0.4, -0.2) is 30.5 Å². The molecular weight excluding hydrogens is 456 g/mol. The van der Waals surface area contributed by atoms with Crippen LogP contribution in [0.4, 0.5) is 11.4 Å². The zero-order valence-corrected chi connectivity index (χ0v) is 19.0. The Morgan fingerprint density at radius 1 is 0.912 bits per heavy atom. The van der Waals surface area contributed by atoms with Crippen molar-refractivity contribution in [2.45, 2.75) is 19.1 Å². The molecule has 2 saturated heterocycles.